The maximum absolute atomic E-state index is 4.31. The summed E-state index contributed by atoms with van der Waals surface area (Å²) in [5, 5.41) is 0. The van der Waals surface area contributed by atoms with E-state index in [4.69, 9.17) is 0 Å². The molecule has 0 heteroatoms. The first-order valence-electron chi connectivity index (χ1n) is 52.3. The Morgan fingerprint density at radius 1 is 0.208 bits per heavy atom. The van der Waals surface area contributed by atoms with Crippen molar-refractivity contribution in [2.24, 2.45) is 308 Å². The molecular weight excluding hydrogens is 1440 g/mol. The van der Waals surface area contributed by atoms with Crippen LogP contribution in [0, 0.1) is 308 Å². The molecule has 52 unspecified atom stereocenters. The Labute approximate surface area is 729 Å². The van der Waals surface area contributed by atoms with Gasteiger partial charge >= 0.3 is 0 Å². The third kappa shape index (κ3) is 12.7. The van der Waals surface area contributed by atoms with Gasteiger partial charge in [0.25, 0.3) is 0 Å². The third-order valence-electron chi connectivity index (χ3n) is 43.5. The normalized spacial score (nSPS) is 56.1. The highest BCUT2D eigenvalue weighted by atomic mass is 14.7. The van der Waals surface area contributed by atoms with Crippen molar-refractivity contribution in [1.29, 1.82) is 0 Å². The second-order valence-electron chi connectivity index (χ2n) is 46.8. The lowest BCUT2D eigenvalue weighted by molar-refractivity contribution is 0.118. The molecule has 120 heavy (non-hydrogen) atoms. The molecule has 26 aliphatic rings. The molecule has 26 aliphatic carbocycles. The molecule has 26 rings (SSSR count). The van der Waals surface area contributed by atoms with Crippen LogP contribution in [0.1, 0.15) is 183 Å². The van der Waals surface area contributed by atoms with E-state index >= 15 is 0 Å². The molecule has 0 spiro atoms. The highest BCUT2D eigenvalue weighted by Crippen LogP contribution is 2.76. The summed E-state index contributed by atoms with van der Waals surface area (Å²) in [6.45, 7) is 19.9. The van der Waals surface area contributed by atoms with Gasteiger partial charge in [-0.15, -0.1) is 6.58 Å². The molecule has 636 valence electrons. The van der Waals surface area contributed by atoms with E-state index in [1.165, 1.54) is 116 Å². The van der Waals surface area contributed by atoms with Crippen molar-refractivity contribution in [1.82, 2.24) is 0 Å². The SMILES string of the molecule is C1=CC2C(C1)C1CC2C2C3C=CC(C3)C12.C1=CC2C3C=CC(C3)C2C1.C=CC1CC(/C=C/C2CC(/C=C/C3CC(C=CC)C4C5CC(C(CC=CC)C5C=CC)C34)C3C4CC(C5C=CCC54)C23)C(C=CC)C1CC=CC.CC=CC1CC(/C=C/C2CC(/C=C/C3CC(C=CC)C4C5CC(C6CC=CC65)C34)C3C4CC(C5C=CCC54)C23)C2C=CCC12. The predicted molar refractivity (Wildman–Crippen MR) is 502 cm³/mol. The van der Waals surface area contributed by atoms with E-state index in [9.17, 15) is 0 Å². The average molecular weight is 1600 g/mol. The fourth-order valence-electron chi connectivity index (χ4n) is 40.5. The topological polar surface area (TPSA) is 0 Å². The second-order valence-corrected chi connectivity index (χ2v) is 46.8. The molecule has 0 saturated heterocycles. The summed E-state index contributed by atoms with van der Waals surface area (Å²) in [6, 6.07) is 0. The Bertz CT molecular complexity index is 4380. The van der Waals surface area contributed by atoms with Crippen molar-refractivity contribution in [2.45, 2.75) is 183 Å². The number of fused-ring (bicyclic) bond motifs is 47. The molecule has 0 amide bonds. The van der Waals surface area contributed by atoms with Crippen LogP contribution in [-0.4, -0.2) is 0 Å². The van der Waals surface area contributed by atoms with Crippen LogP contribution in [-0.2, 0) is 0 Å². The number of rotatable bonds is 18. The summed E-state index contributed by atoms with van der Waals surface area (Å²) in [5.74, 6) is 46.7. The molecule has 0 N–H and O–H groups in total. The standard InChI is InChI=1S/C51H70.C44H56.C15H18.C10H12/c1-7-13-19-39-32(12-6)27-33(38(39)17-10-4)23-24-35-29-37(51-47-31-46(50(35)51)42-21-15-22-43(42)47)26-25-36-28-34(16-9-3)48-44-30-45(49(36)48)41(20-14-8-2)40(44)18-11-5;1-3-8-25-20-26(32-11-5-10-31(25)32)16-17-28-22-30(44-40-24-39(43(28)44)35-14-7-15-36(35)40)19-18-29-21-27(9-4-2)41-37-23-38(42(29)41)34-13-6-12-33(34)37;1-2-10-11(3-1)13-7-12(10)14-8-4-5-9(6-8)15(13)14;1-2-9-7-4-5-8(6-7)10(9)3-1/h7-18,21,23-26,32-51H,6,19-20,22,27-31H2,1-5H3;3-9,11-12,14,16-19,25-44H,10,13,15,20-24H2,1-2H3;1-2,4-5,8-15H,3,6-7H2;1-2,4-5,7-10H,3,6H2/b13-7?,14-8?,16-9?,17-10?,18-11?,24-23+,26-25+;8-3?,9-4?,17-16+,19-18+;;. The molecule has 0 heterocycles. The smallest absolute Gasteiger partial charge is 0.0133 e. The third-order valence-corrected chi connectivity index (χ3v) is 43.5. The van der Waals surface area contributed by atoms with Gasteiger partial charge in [-0.1, -0.05) is 237 Å². The van der Waals surface area contributed by atoms with Crippen molar-refractivity contribution < 1.29 is 0 Å². The molecule has 14 bridgehead atoms. The zero-order chi connectivity index (χ0) is 80.4. The van der Waals surface area contributed by atoms with Gasteiger partial charge in [-0.2, -0.15) is 0 Å². The van der Waals surface area contributed by atoms with E-state index in [0.717, 1.165) is 284 Å². The van der Waals surface area contributed by atoms with Gasteiger partial charge in [0.15, 0.2) is 0 Å². The van der Waals surface area contributed by atoms with E-state index in [2.05, 4.69) is 292 Å². The van der Waals surface area contributed by atoms with Crippen molar-refractivity contribution in [2.75, 3.05) is 0 Å². The zero-order valence-electron chi connectivity index (χ0n) is 75.1. The predicted octanol–water partition coefficient (Wildman–Crippen LogP) is 29.4. The first kappa shape index (κ1) is 79.4. The number of hydrogen-bond donors (Lipinski definition) is 0. The van der Waals surface area contributed by atoms with Crippen LogP contribution >= 0.6 is 0 Å². The van der Waals surface area contributed by atoms with Crippen molar-refractivity contribution in [3.63, 3.8) is 0 Å². The minimum absolute atomic E-state index is 0.620. The maximum Gasteiger partial charge on any atom is -0.0133 e. The van der Waals surface area contributed by atoms with Gasteiger partial charge in [-0.25, -0.2) is 0 Å². The lowest BCUT2D eigenvalue weighted by atomic mass is 9.65. The van der Waals surface area contributed by atoms with Gasteiger partial charge in [0.05, 0.1) is 0 Å². The van der Waals surface area contributed by atoms with Gasteiger partial charge < -0.3 is 0 Å². The molecule has 0 aliphatic heterocycles. The fraction of sp³-hybridized carbons (Fsp3) is 0.667. The first-order valence-corrected chi connectivity index (χ1v) is 52.3. The molecular formula is C120H156. The van der Waals surface area contributed by atoms with E-state index < -0.39 is 0 Å². The summed E-state index contributed by atoms with van der Waals surface area (Å²) >= 11 is 0. The van der Waals surface area contributed by atoms with Crippen LogP contribution in [0.2, 0.25) is 0 Å². The summed E-state index contributed by atoms with van der Waals surface area (Å²) in [5.41, 5.74) is 0. The van der Waals surface area contributed by atoms with Crippen LogP contribution in [0.25, 0.3) is 0 Å². The molecule has 18 fully saturated rings. The summed E-state index contributed by atoms with van der Waals surface area (Å²) in [4.78, 5) is 0. The molecule has 0 nitrogen and oxygen atoms in total. The van der Waals surface area contributed by atoms with Gasteiger partial charge in [-0.3, -0.25) is 0 Å². The largest absolute Gasteiger partial charge is 0.103 e. The lowest BCUT2D eigenvalue weighted by Crippen LogP contribution is -2.35. The first-order chi connectivity index (χ1) is 59.2. The van der Waals surface area contributed by atoms with Crippen molar-refractivity contribution >= 4 is 0 Å². The molecule has 0 radical (unpaired) electrons. The number of hydrogen-bond acceptors (Lipinski definition) is 0. The van der Waals surface area contributed by atoms with Crippen LogP contribution in [0.4, 0.5) is 0 Å². The van der Waals surface area contributed by atoms with Gasteiger partial charge in [0, 0.05) is 0 Å². The van der Waals surface area contributed by atoms with Gasteiger partial charge in [-0.05, 0) is 491 Å². The monoisotopic (exact) mass is 1600 g/mol. The Balaban J connectivity index is 0.000000108. The van der Waals surface area contributed by atoms with Gasteiger partial charge in [0.1, 0.15) is 0 Å². The minimum Gasteiger partial charge on any atom is -0.103 e. The van der Waals surface area contributed by atoms with E-state index in [0.29, 0.717) is 23.7 Å². The lowest BCUT2D eigenvalue weighted by Gasteiger charge is -2.39. The summed E-state index contributed by atoms with van der Waals surface area (Å²) in [7, 11) is 0. The number of allylic oxidation sites excluding steroid dienone is 39. The molecule has 18 saturated carbocycles. The molecule has 0 aromatic rings. The summed E-state index contributed by atoms with van der Waals surface area (Å²) < 4.78 is 0. The van der Waals surface area contributed by atoms with Crippen LogP contribution in [0.15, 0.2) is 244 Å². The van der Waals surface area contributed by atoms with E-state index in [1.807, 2.05) is 0 Å². The second kappa shape index (κ2) is 32.6. The van der Waals surface area contributed by atoms with Gasteiger partial charge in [0.2, 0.25) is 0 Å². The van der Waals surface area contributed by atoms with Crippen molar-refractivity contribution in [3.8, 4) is 0 Å². The van der Waals surface area contributed by atoms with E-state index in [-0.39, 0.29) is 0 Å². The molecule has 52 atom stereocenters. The Hall–Kier alpha value is -5.20. The van der Waals surface area contributed by atoms with Crippen LogP contribution in [0.3, 0.4) is 0 Å². The summed E-state index contributed by atoms with van der Waals surface area (Å²) in [6.07, 6.45) is 129. The van der Waals surface area contributed by atoms with E-state index in [1.54, 1.807) is 19.3 Å². The Morgan fingerprint density at radius 2 is 0.533 bits per heavy atom. The quantitative estimate of drug-likeness (QED) is 0.0948. The minimum atomic E-state index is 0.620. The average Bonchev–Trinajstić information content (AvgIpc) is 1.48. The fourth-order valence-corrected chi connectivity index (χ4v) is 40.5. The highest BCUT2D eigenvalue weighted by molar-refractivity contribution is 5.32. The van der Waals surface area contributed by atoms with Crippen LogP contribution < -0.4 is 0 Å². The maximum atomic E-state index is 4.31. The van der Waals surface area contributed by atoms with Crippen molar-refractivity contribution in [3.05, 3.63) is 244 Å². The zero-order valence-corrected chi connectivity index (χ0v) is 75.1. The molecule has 0 aromatic carbocycles. The Morgan fingerprint density at radius 3 is 1.01 bits per heavy atom. The van der Waals surface area contributed by atoms with Crippen LogP contribution in [0.5, 0.6) is 0 Å². The Kier molecular flexibility index (Phi) is 21.6. The highest BCUT2D eigenvalue weighted by Gasteiger charge is 2.69. The molecule has 0 aromatic heterocycles.